The van der Waals surface area contributed by atoms with Crippen molar-refractivity contribution in [2.24, 2.45) is 0 Å². The number of rotatable bonds is 48. The number of nitrogens with one attached hydrogen (secondary N) is 1. The number of aliphatic hydroxyl groups excluding tert-OH is 1. The second-order valence-corrected chi connectivity index (χ2v) is 20.7. The lowest BCUT2D eigenvalue weighted by Crippen LogP contribution is -2.45. The summed E-state index contributed by atoms with van der Waals surface area (Å²) in [6.07, 6.45) is 54.1. The first-order chi connectivity index (χ1) is 29.5. The van der Waals surface area contributed by atoms with E-state index in [0.29, 0.717) is 17.4 Å². The molecule has 3 unspecified atom stereocenters. The molecule has 0 bridgehead atoms. The van der Waals surface area contributed by atoms with E-state index in [0.717, 1.165) is 38.5 Å². The van der Waals surface area contributed by atoms with Crippen molar-refractivity contribution in [2.75, 3.05) is 40.9 Å². The van der Waals surface area contributed by atoms with Crippen LogP contribution in [0.3, 0.4) is 0 Å². The summed E-state index contributed by atoms with van der Waals surface area (Å²) in [5.41, 5.74) is 0. The van der Waals surface area contributed by atoms with E-state index in [2.05, 4.69) is 31.3 Å². The third kappa shape index (κ3) is 46.8. The number of likely N-dealkylation sites (N-methyl/N-ethyl adjacent to an activating group) is 1. The molecule has 0 aliphatic carbocycles. The largest absolute Gasteiger partial charge is 0.472 e. The van der Waals surface area contributed by atoms with Gasteiger partial charge in [-0.2, -0.15) is 0 Å². The van der Waals surface area contributed by atoms with Crippen molar-refractivity contribution in [3.8, 4) is 0 Å². The molecule has 0 saturated heterocycles. The molecule has 0 fully saturated rings. The van der Waals surface area contributed by atoms with E-state index in [-0.39, 0.29) is 19.1 Å². The molecule has 362 valence electrons. The lowest BCUT2D eigenvalue weighted by Gasteiger charge is -2.25. The summed E-state index contributed by atoms with van der Waals surface area (Å²) in [6.45, 7) is 4.83. The van der Waals surface area contributed by atoms with Crippen LogP contribution < -0.4 is 5.32 Å². The first kappa shape index (κ1) is 60.0. The molecule has 8 nitrogen and oxygen atoms in total. The van der Waals surface area contributed by atoms with Crippen LogP contribution in [0.2, 0.25) is 0 Å². The second-order valence-electron chi connectivity index (χ2n) is 19.3. The molecule has 3 N–H and O–H groups in total. The van der Waals surface area contributed by atoms with Crippen LogP contribution in [0.15, 0.2) is 24.3 Å². The van der Waals surface area contributed by atoms with Crippen molar-refractivity contribution >= 4 is 13.7 Å². The zero-order valence-electron chi connectivity index (χ0n) is 41.2. The summed E-state index contributed by atoms with van der Waals surface area (Å²) in [5, 5.41) is 13.9. The Morgan fingerprint density at radius 3 is 1.31 bits per heavy atom. The lowest BCUT2D eigenvalue weighted by atomic mass is 10.0. The monoisotopic (exact) mass is 884 g/mol. The van der Waals surface area contributed by atoms with E-state index in [1.54, 1.807) is 6.08 Å². The fourth-order valence-electron chi connectivity index (χ4n) is 7.77. The Hall–Kier alpha value is -1.02. The van der Waals surface area contributed by atoms with Crippen LogP contribution in [-0.2, 0) is 18.4 Å². The topological polar surface area (TPSA) is 105 Å². The molecular weight excluding hydrogens is 780 g/mol. The minimum Gasteiger partial charge on any atom is -0.387 e. The first-order valence-electron chi connectivity index (χ1n) is 26.2. The van der Waals surface area contributed by atoms with Crippen LogP contribution in [0.1, 0.15) is 251 Å². The highest BCUT2D eigenvalue weighted by Crippen LogP contribution is 2.43. The number of phosphoric ester groups is 1. The fourth-order valence-corrected chi connectivity index (χ4v) is 8.50. The van der Waals surface area contributed by atoms with E-state index in [9.17, 15) is 19.4 Å². The van der Waals surface area contributed by atoms with Crippen LogP contribution in [0, 0.1) is 0 Å². The summed E-state index contributed by atoms with van der Waals surface area (Å²) in [5.74, 6) is -0.183. The molecule has 0 spiro atoms. The van der Waals surface area contributed by atoms with Gasteiger partial charge in [-0.15, -0.1) is 0 Å². The summed E-state index contributed by atoms with van der Waals surface area (Å²) >= 11 is 0. The Balaban J connectivity index is 4.32. The number of hydrogen-bond acceptors (Lipinski definition) is 5. The molecule has 0 aromatic heterocycles. The minimum atomic E-state index is -4.35. The molecule has 0 aromatic rings. The van der Waals surface area contributed by atoms with E-state index in [4.69, 9.17) is 9.05 Å². The molecule has 61 heavy (non-hydrogen) atoms. The predicted molar refractivity (Wildman–Crippen MR) is 263 cm³/mol. The molecular formula is C52H104N2O6P+. The minimum absolute atomic E-state index is 0.0586. The van der Waals surface area contributed by atoms with Crippen LogP contribution in [-0.4, -0.2) is 73.4 Å². The van der Waals surface area contributed by atoms with Gasteiger partial charge in [0.15, 0.2) is 0 Å². The second kappa shape index (κ2) is 44.2. The Bertz CT molecular complexity index is 1050. The van der Waals surface area contributed by atoms with Gasteiger partial charge in [0.05, 0.1) is 39.9 Å². The highest BCUT2D eigenvalue weighted by Gasteiger charge is 2.27. The molecule has 0 rings (SSSR count). The van der Waals surface area contributed by atoms with Crippen molar-refractivity contribution in [3.05, 3.63) is 24.3 Å². The van der Waals surface area contributed by atoms with Gasteiger partial charge in [0.1, 0.15) is 13.2 Å². The Labute approximate surface area is 379 Å². The number of phosphoric acid groups is 1. The smallest absolute Gasteiger partial charge is 0.387 e. The highest BCUT2D eigenvalue weighted by atomic mass is 31.2. The number of amides is 1. The number of aliphatic hydroxyl groups is 1. The van der Waals surface area contributed by atoms with Crippen molar-refractivity contribution in [3.63, 3.8) is 0 Å². The molecule has 1 amide bonds. The summed E-state index contributed by atoms with van der Waals surface area (Å²) in [4.78, 5) is 23.2. The third-order valence-corrected chi connectivity index (χ3v) is 12.9. The fraction of sp³-hybridized carbons (Fsp3) is 0.904. The predicted octanol–water partition coefficient (Wildman–Crippen LogP) is 15.3. The lowest BCUT2D eigenvalue weighted by molar-refractivity contribution is -0.870. The van der Waals surface area contributed by atoms with Gasteiger partial charge < -0.3 is 19.8 Å². The number of carbonyl (C=O) groups excluding carboxylic acids is 1. The van der Waals surface area contributed by atoms with E-state index < -0.39 is 20.0 Å². The van der Waals surface area contributed by atoms with Crippen molar-refractivity contribution in [2.45, 2.75) is 264 Å². The number of unbranched alkanes of at least 4 members (excludes halogenated alkanes) is 33. The van der Waals surface area contributed by atoms with Crippen molar-refractivity contribution in [1.29, 1.82) is 0 Å². The number of allylic oxidation sites excluding steroid dienone is 3. The summed E-state index contributed by atoms with van der Waals surface area (Å²) < 4.78 is 23.6. The SMILES string of the molecule is CCCCCCCCCCCCCCCCCC/C=C/CC/C=C/C(O)C(COP(=O)(O)OCC[N+](C)(C)C)NC(=O)CCCCCCCCCCCCCCCCCCC. The molecule has 0 heterocycles. The van der Waals surface area contributed by atoms with E-state index >= 15 is 0 Å². The number of hydrogen-bond donors (Lipinski definition) is 3. The highest BCUT2D eigenvalue weighted by molar-refractivity contribution is 7.47. The van der Waals surface area contributed by atoms with E-state index in [1.165, 1.54) is 193 Å². The third-order valence-electron chi connectivity index (χ3n) is 11.9. The van der Waals surface area contributed by atoms with Crippen LogP contribution >= 0.6 is 7.82 Å². The molecule has 0 aliphatic heterocycles. The van der Waals surface area contributed by atoms with Gasteiger partial charge in [-0.1, -0.05) is 237 Å². The normalized spacial score (nSPS) is 14.3. The average Bonchev–Trinajstić information content (AvgIpc) is 3.21. The summed E-state index contributed by atoms with van der Waals surface area (Å²) in [6, 6.07) is -0.859. The van der Waals surface area contributed by atoms with E-state index in [1.807, 2.05) is 27.2 Å². The molecule has 9 heteroatoms. The standard InChI is InChI=1S/C52H103N2O6P/c1-6-8-10-12-14-16-18-20-22-24-25-26-27-28-30-31-33-35-37-39-41-43-45-51(55)50(49-60-61(57,58)59-48-47-54(3,4)5)53-52(56)46-44-42-40-38-36-34-32-29-23-21-19-17-15-13-11-9-7-2/h35,37,43,45,50-51,55H,6-34,36,38-42,44,46-49H2,1-5H3,(H-,53,56,57,58)/p+1/b37-35+,45-43+. The zero-order valence-corrected chi connectivity index (χ0v) is 42.1. The maximum absolute atomic E-state index is 12.9. The molecule has 0 saturated carbocycles. The van der Waals surface area contributed by atoms with Crippen molar-refractivity contribution < 1.29 is 32.9 Å². The molecule has 0 aliphatic rings. The van der Waals surface area contributed by atoms with Crippen LogP contribution in [0.4, 0.5) is 0 Å². The van der Waals surface area contributed by atoms with Gasteiger partial charge in [0.25, 0.3) is 0 Å². The zero-order chi connectivity index (χ0) is 45.0. The average molecular weight is 884 g/mol. The number of quaternary nitrogens is 1. The number of carbonyl (C=O) groups is 1. The van der Waals surface area contributed by atoms with Gasteiger partial charge in [-0.05, 0) is 32.1 Å². The molecule has 3 atom stereocenters. The molecule has 0 radical (unpaired) electrons. The van der Waals surface area contributed by atoms with Crippen LogP contribution in [0.25, 0.3) is 0 Å². The van der Waals surface area contributed by atoms with Gasteiger partial charge in [-0.25, -0.2) is 4.57 Å². The Morgan fingerprint density at radius 2 is 0.902 bits per heavy atom. The van der Waals surface area contributed by atoms with Gasteiger partial charge in [0, 0.05) is 6.42 Å². The Morgan fingerprint density at radius 1 is 0.541 bits per heavy atom. The van der Waals surface area contributed by atoms with Crippen LogP contribution in [0.5, 0.6) is 0 Å². The summed E-state index contributed by atoms with van der Waals surface area (Å²) in [7, 11) is 1.57. The van der Waals surface area contributed by atoms with Crippen molar-refractivity contribution in [1.82, 2.24) is 5.32 Å². The van der Waals surface area contributed by atoms with Gasteiger partial charge in [0.2, 0.25) is 5.91 Å². The van der Waals surface area contributed by atoms with Gasteiger partial charge >= 0.3 is 7.82 Å². The van der Waals surface area contributed by atoms with Gasteiger partial charge in [-0.3, -0.25) is 13.8 Å². The first-order valence-corrected chi connectivity index (χ1v) is 27.7. The maximum Gasteiger partial charge on any atom is 0.472 e. The molecule has 0 aromatic carbocycles. The maximum atomic E-state index is 12.9. The quantitative estimate of drug-likeness (QED) is 0.0243. The Kier molecular flexibility index (Phi) is 43.5. The number of nitrogens with zero attached hydrogens (tertiary/aromatic N) is 1.